The van der Waals surface area contributed by atoms with E-state index in [9.17, 15) is 15.2 Å². The Hall–Kier alpha value is -3.19. The van der Waals surface area contributed by atoms with E-state index in [1.807, 2.05) is 13.0 Å². The van der Waals surface area contributed by atoms with E-state index in [-0.39, 0.29) is 17.7 Å². The van der Waals surface area contributed by atoms with Gasteiger partial charge in [-0.05, 0) is 29.8 Å². The highest BCUT2D eigenvalue weighted by molar-refractivity contribution is 6.70. The van der Waals surface area contributed by atoms with Crippen molar-refractivity contribution in [3.63, 3.8) is 0 Å². The molecule has 1 aliphatic heterocycles. The fraction of sp³-hybridized carbons (Fsp3) is 0.190. The normalized spacial score (nSPS) is 16.9. The Bertz CT molecular complexity index is 1250. The van der Waals surface area contributed by atoms with Crippen molar-refractivity contribution >= 4 is 54.1 Å². The molecular formula is C21H16BCl2N6O2. The first-order valence-corrected chi connectivity index (χ1v) is 10.3. The van der Waals surface area contributed by atoms with Gasteiger partial charge in [-0.3, -0.25) is 0 Å². The fourth-order valence-electron chi connectivity index (χ4n) is 3.72. The van der Waals surface area contributed by atoms with Crippen LogP contribution in [0, 0.1) is 11.3 Å². The second kappa shape index (κ2) is 8.75. The van der Waals surface area contributed by atoms with Gasteiger partial charge in [-0.25, -0.2) is 15.0 Å². The van der Waals surface area contributed by atoms with Crippen LogP contribution in [-0.4, -0.2) is 46.8 Å². The molecule has 2 aromatic heterocycles. The standard InChI is InChI=1S/C21H16BCl2N6O2/c1-21(10-31)9-30(22-11-32)18-13(7-25)4-12(5-15(18)21)16-2-3-26-20(28-16)29-17-6-14(23)8-27-19(17)24/h2-6,8,11,31H,9-10H2,1H3,(H,26,28,29). The number of halogens is 2. The van der Waals surface area contributed by atoms with E-state index >= 15 is 0 Å². The van der Waals surface area contributed by atoms with E-state index in [0.29, 0.717) is 45.9 Å². The number of pyridine rings is 1. The van der Waals surface area contributed by atoms with E-state index < -0.39 is 5.41 Å². The first-order valence-electron chi connectivity index (χ1n) is 9.55. The first-order chi connectivity index (χ1) is 15.4. The van der Waals surface area contributed by atoms with Gasteiger partial charge in [0.05, 0.1) is 28.6 Å². The SMILES string of the molecule is CC1(CO)CN([B]C=O)c2c(C#N)cc(-c3ccnc(Nc4cc(Cl)cnc4Cl)n3)cc21. The molecule has 1 aliphatic rings. The number of aliphatic hydroxyl groups excluding tert-OH is 1. The monoisotopic (exact) mass is 465 g/mol. The van der Waals surface area contributed by atoms with Gasteiger partial charge < -0.3 is 20.0 Å². The number of nitriles is 1. The van der Waals surface area contributed by atoms with Gasteiger partial charge in [0.2, 0.25) is 5.95 Å². The smallest absolute Gasteiger partial charge is 0.329 e. The molecule has 0 bridgehead atoms. The summed E-state index contributed by atoms with van der Waals surface area (Å²) in [5.74, 6) is 0.272. The predicted octanol–water partition coefficient (Wildman–Crippen LogP) is 3.34. The molecule has 0 saturated carbocycles. The lowest BCUT2D eigenvalue weighted by Crippen LogP contribution is -2.36. The fourth-order valence-corrected chi connectivity index (χ4v) is 4.03. The average Bonchev–Trinajstić information content (AvgIpc) is 3.08. The molecule has 2 N–H and O–H groups in total. The summed E-state index contributed by atoms with van der Waals surface area (Å²) in [6, 6.07) is 9.11. The summed E-state index contributed by atoms with van der Waals surface area (Å²) in [4.78, 5) is 25.5. The molecule has 8 nitrogen and oxygen atoms in total. The van der Waals surface area contributed by atoms with Crippen molar-refractivity contribution in [2.24, 2.45) is 0 Å². The molecule has 1 atom stereocenters. The maximum atomic E-state index is 11.1. The summed E-state index contributed by atoms with van der Waals surface area (Å²) in [5.41, 5.74) is 2.80. The molecule has 1 aromatic carbocycles. The summed E-state index contributed by atoms with van der Waals surface area (Å²) in [5, 5.41) is 23.5. The van der Waals surface area contributed by atoms with Gasteiger partial charge in [0.1, 0.15) is 12.3 Å². The Labute approximate surface area is 195 Å². The number of aliphatic hydroxyl groups is 1. The minimum absolute atomic E-state index is 0.144. The number of carbonyl (C=O) groups is 1. The number of nitrogens with zero attached hydrogens (tertiary/aromatic N) is 5. The van der Waals surface area contributed by atoms with Gasteiger partial charge >= 0.3 is 7.41 Å². The Morgan fingerprint density at radius 1 is 1.38 bits per heavy atom. The number of nitrogens with one attached hydrogen (secondary N) is 1. The van der Waals surface area contributed by atoms with Crippen LogP contribution in [0.2, 0.25) is 10.2 Å². The van der Waals surface area contributed by atoms with Gasteiger partial charge in [-0.15, -0.1) is 0 Å². The second-order valence-corrected chi connectivity index (χ2v) is 8.34. The van der Waals surface area contributed by atoms with Gasteiger partial charge in [0, 0.05) is 35.6 Å². The van der Waals surface area contributed by atoms with E-state index in [1.165, 1.54) is 13.6 Å². The molecular weight excluding hydrogens is 450 g/mol. The zero-order chi connectivity index (χ0) is 22.9. The lowest BCUT2D eigenvalue weighted by Gasteiger charge is -2.23. The molecule has 3 heterocycles. The number of rotatable bonds is 6. The summed E-state index contributed by atoms with van der Waals surface area (Å²) in [6.45, 7) is 2.12. The third kappa shape index (κ3) is 4.00. The minimum atomic E-state index is -0.648. The van der Waals surface area contributed by atoms with E-state index in [4.69, 9.17) is 23.2 Å². The van der Waals surface area contributed by atoms with Crippen LogP contribution in [0.5, 0.6) is 0 Å². The quantitative estimate of drug-likeness (QED) is 0.323. The van der Waals surface area contributed by atoms with Crippen LogP contribution in [0.25, 0.3) is 11.3 Å². The topological polar surface area (TPSA) is 115 Å². The molecule has 0 spiro atoms. The van der Waals surface area contributed by atoms with Gasteiger partial charge in [0.25, 0.3) is 0 Å². The third-order valence-corrected chi connectivity index (χ3v) is 5.79. The van der Waals surface area contributed by atoms with Gasteiger partial charge in [0.15, 0.2) is 5.15 Å². The molecule has 1 radical (unpaired) electrons. The lowest BCUT2D eigenvalue weighted by molar-refractivity contribution is 0.217. The molecule has 159 valence electrons. The lowest BCUT2D eigenvalue weighted by atomic mass is 9.83. The number of carbonyl (C=O) groups excluding carboxylic acids is 1. The van der Waals surface area contributed by atoms with E-state index in [1.54, 1.807) is 29.2 Å². The molecule has 0 amide bonds. The number of fused-ring (bicyclic) bond motifs is 1. The van der Waals surface area contributed by atoms with Crippen molar-refractivity contribution in [3.05, 3.63) is 58.0 Å². The van der Waals surface area contributed by atoms with Crippen LogP contribution in [-0.2, 0) is 10.2 Å². The van der Waals surface area contributed by atoms with E-state index in [0.717, 1.165) is 5.56 Å². The minimum Gasteiger partial charge on any atom is -0.410 e. The molecule has 3 aromatic rings. The number of hydrogen-bond donors (Lipinski definition) is 2. The van der Waals surface area contributed by atoms with Crippen LogP contribution < -0.4 is 10.1 Å². The van der Waals surface area contributed by atoms with Crippen LogP contribution in [0.1, 0.15) is 18.1 Å². The van der Waals surface area contributed by atoms with Crippen molar-refractivity contribution in [2.45, 2.75) is 12.3 Å². The van der Waals surface area contributed by atoms with Crippen LogP contribution in [0.15, 0.2) is 36.7 Å². The van der Waals surface area contributed by atoms with Crippen molar-refractivity contribution in [3.8, 4) is 17.3 Å². The summed E-state index contributed by atoms with van der Waals surface area (Å²) in [6.07, 6.45) is 3.68. The molecule has 32 heavy (non-hydrogen) atoms. The Morgan fingerprint density at radius 2 is 2.19 bits per heavy atom. The highest BCUT2D eigenvalue weighted by Crippen LogP contribution is 2.44. The highest BCUT2D eigenvalue weighted by atomic mass is 35.5. The first kappa shape index (κ1) is 22.0. The Morgan fingerprint density at radius 3 is 2.91 bits per heavy atom. The predicted molar refractivity (Wildman–Crippen MR) is 124 cm³/mol. The molecule has 0 fully saturated rings. The zero-order valence-corrected chi connectivity index (χ0v) is 18.4. The third-order valence-electron chi connectivity index (χ3n) is 5.28. The average molecular weight is 466 g/mol. The van der Waals surface area contributed by atoms with Crippen molar-refractivity contribution in [2.75, 3.05) is 23.3 Å². The maximum Gasteiger partial charge on any atom is 0.329 e. The largest absolute Gasteiger partial charge is 0.410 e. The van der Waals surface area contributed by atoms with Crippen molar-refractivity contribution in [1.82, 2.24) is 15.0 Å². The van der Waals surface area contributed by atoms with Crippen molar-refractivity contribution < 1.29 is 9.90 Å². The zero-order valence-electron chi connectivity index (χ0n) is 16.9. The van der Waals surface area contributed by atoms with Crippen LogP contribution >= 0.6 is 23.2 Å². The number of hydrogen-bond acceptors (Lipinski definition) is 8. The second-order valence-electron chi connectivity index (χ2n) is 7.55. The maximum absolute atomic E-state index is 11.1. The number of anilines is 3. The Kier molecular flexibility index (Phi) is 6.02. The molecule has 0 saturated heterocycles. The molecule has 1 unspecified atom stereocenters. The molecule has 4 rings (SSSR count). The number of aromatic nitrogens is 3. The summed E-state index contributed by atoms with van der Waals surface area (Å²) < 4.78 is 0. The summed E-state index contributed by atoms with van der Waals surface area (Å²) >= 11 is 12.1. The van der Waals surface area contributed by atoms with Gasteiger partial charge in [-0.1, -0.05) is 30.1 Å². The van der Waals surface area contributed by atoms with E-state index in [2.05, 4.69) is 26.3 Å². The molecule has 0 aliphatic carbocycles. The van der Waals surface area contributed by atoms with Crippen molar-refractivity contribution in [1.29, 1.82) is 5.26 Å². The molecule has 11 heteroatoms. The Balaban J connectivity index is 1.78. The van der Waals surface area contributed by atoms with Crippen LogP contribution in [0.4, 0.5) is 17.3 Å². The van der Waals surface area contributed by atoms with Crippen LogP contribution in [0.3, 0.4) is 0 Å². The number of benzene rings is 1. The highest BCUT2D eigenvalue weighted by Gasteiger charge is 2.40. The summed E-state index contributed by atoms with van der Waals surface area (Å²) in [7, 11) is 1.37. The van der Waals surface area contributed by atoms with Gasteiger partial charge in [-0.2, -0.15) is 5.26 Å².